The molecule has 1 aromatic carbocycles. The van der Waals surface area contributed by atoms with Crippen LogP contribution in [-0.2, 0) is 9.53 Å². The Balaban J connectivity index is 2.13. The van der Waals surface area contributed by atoms with E-state index in [1.807, 2.05) is 12.1 Å². The monoisotopic (exact) mass is 325 g/mol. The molecule has 2 atom stereocenters. The molecule has 0 saturated carbocycles. The number of methoxy groups -OCH3 is 1. The molecular formula is C16H17Cl2NO2. The van der Waals surface area contributed by atoms with Gasteiger partial charge in [0.05, 0.1) is 22.7 Å². The van der Waals surface area contributed by atoms with E-state index in [4.69, 9.17) is 27.9 Å². The van der Waals surface area contributed by atoms with E-state index < -0.39 is 0 Å². The van der Waals surface area contributed by atoms with Crippen LogP contribution in [0, 0.1) is 0 Å². The van der Waals surface area contributed by atoms with Crippen molar-refractivity contribution in [1.82, 2.24) is 4.90 Å². The third kappa shape index (κ3) is 2.48. The Morgan fingerprint density at radius 1 is 1.29 bits per heavy atom. The molecule has 0 N–H and O–H groups in total. The lowest BCUT2D eigenvalue weighted by Crippen LogP contribution is -2.40. The molecule has 112 valence electrons. The standard InChI is InChI=1S/C16H17Cl2NO2/c1-19-10-4-6-14(19)15(16(20)21-2)11(8-10)9-3-5-12(17)13(18)7-9/h3,5,7,10,14H,4,6,8H2,1-2H3/t10-,14+/m0/s1. The number of nitrogens with zero attached hydrogens (tertiary/aromatic N) is 1. The van der Waals surface area contributed by atoms with Gasteiger partial charge in [-0.3, -0.25) is 4.90 Å². The zero-order chi connectivity index (χ0) is 15.1. The number of ether oxygens (including phenoxy) is 1. The molecule has 0 amide bonds. The lowest BCUT2D eigenvalue weighted by atomic mass is 9.88. The second-order valence-electron chi connectivity index (χ2n) is 5.63. The van der Waals surface area contributed by atoms with Gasteiger partial charge in [-0.25, -0.2) is 4.79 Å². The molecule has 0 radical (unpaired) electrons. The fraction of sp³-hybridized carbons (Fsp3) is 0.438. The van der Waals surface area contributed by atoms with Gasteiger partial charge >= 0.3 is 5.97 Å². The molecule has 0 aromatic heterocycles. The molecule has 2 heterocycles. The number of benzene rings is 1. The average molecular weight is 326 g/mol. The van der Waals surface area contributed by atoms with Crippen molar-refractivity contribution in [2.75, 3.05) is 14.2 Å². The maximum atomic E-state index is 12.3. The van der Waals surface area contributed by atoms with E-state index in [0.717, 1.165) is 36.0 Å². The van der Waals surface area contributed by atoms with Crippen molar-refractivity contribution >= 4 is 34.7 Å². The number of halogens is 2. The summed E-state index contributed by atoms with van der Waals surface area (Å²) in [6.45, 7) is 0. The van der Waals surface area contributed by atoms with Crippen LogP contribution in [0.5, 0.6) is 0 Å². The molecule has 3 nitrogen and oxygen atoms in total. The summed E-state index contributed by atoms with van der Waals surface area (Å²) in [5.41, 5.74) is 2.79. The second kappa shape index (κ2) is 5.64. The Morgan fingerprint density at radius 3 is 2.71 bits per heavy atom. The van der Waals surface area contributed by atoms with Crippen molar-refractivity contribution < 1.29 is 9.53 Å². The van der Waals surface area contributed by atoms with Crippen molar-refractivity contribution in [3.05, 3.63) is 39.4 Å². The molecule has 1 aromatic rings. The highest BCUT2D eigenvalue weighted by Crippen LogP contribution is 2.43. The number of likely N-dealkylation sites (N-methyl/N-ethyl adjacent to an activating group) is 1. The van der Waals surface area contributed by atoms with E-state index >= 15 is 0 Å². The molecule has 2 aliphatic heterocycles. The summed E-state index contributed by atoms with van der Waals surface area (Å²) in [5.74, 6) is -0.242. The van der Waals surface area contributed by atoms with E-state index in [1.54, 1.807) is 6.07 Å². The molecule has 0 spiro atoms. The molecule has 2 aliphatic rings. The molecule has 0 unspecified atom stereocenters. The molecule has 2 bridgehead atoms. The third-order valence-corrected chi connectivity index (χ3v) is 5.35. The average Bonchev–Trinajstić information content (AvgIpc) is 2.72. The van der Waals surface area contributed by atoms with E-state index in [2.05, 4.69) is 11.9 Å². The molecule has 0 aliphatic carbocycles. The SMILES string of the molecule is COC(=O)C1=C(c2ccc(Cl)c(Cl)c2)C[C@@H]2CC[C@H]1N2C. The van der Waals surface area contributed by atoms with Crippen LogP contribution in [0.1, 0.15) is 24.8 Å². The Morgan fingerprint density at radius 2 is 2.05 bits per heavy atom. The van der Waals surface area contributed by atoms with Gasteiger partial charge in [0.1, 0.15) is 0 Å². The van der Waals surface area contributed by atoms with Crippen LogP contribution in [0.15, 0.2) is 23.8 Å². The third-order valence-electron chi connectivity index (χ3n) is 4.61. The van der Waals surface area contributed by atoms with Gasteiger partial charge in [0, 0.05) is 12.1 Å². The van der Waals surface area contributed by atoms with E-state index in [9.17, 15) is 4.79 Å². The number of fused-ring (bicyclic) bond motifs is 2. The lowest BCUT2D eigenvalue weighted by molar-refractivity contribution is -0.136. The fourth-order valence-electron chi connectivity index (χ4n) is 3.48. The van der Waals surface area contributed by atoms with Crippen LogP contribution in [-0.4, -0.2) is 37.1 Å². The minimum absolute atomic E-state index is 0.139. The van der Waals surface area contributed by atoms with Gasteiger partial charge < -0.3 is 4.74 Å². The molecule has 1 fully saturated rings. The van der Waals surface area contributed by atoms with Gasteiger partial charge in [-0.05, 0) is 49.6 Å². The van der Waals surface area contributed by atoms with Crippen LogP contribution in [0.25, 0.3) is 5.57 Å². The summed E-state index contributed by atoms with van der Waals surface area (Å²) in [4.78, 5) is 14.6. The predicted molar refractivity (Wildman–Crippen MR) is 84.6 cm³/mol. The Bertz CT molecular complexity index is 627. The number of hydrogen-bond donors (Lipinski definition) is 0. The van der Waals surface area contributed by atoms with Crippen LogP contribution in [0.2, 0.25) is 10.0 Å². The van der Waals surface area contributed by atoms with Gasteiger partial charge in [-0.1, -0.05) is 29.3 Å². The van der Waals surface area contributed by atoms with Crippen molar-refractivity contribution in [2.24, 2.45) is 0 Å². The molecular weight excluding hydrogens is 309 g/mol. The molecule has 3 rings (SSSR count). The van der Waals surface area contributed by atoms with Crippen LogP contribution in [0.3, 0.4) is 0 Å². The summed E-state index contributed by atoms with van der Waals surface area (Å²) < 4.78 is 5.01. The largest absolute Gasteiger partial charge is 0.466 e. The van der Waals surface area contributed by atoms with Crippen molar-refractivity contribution in [2.45, 2.75) is 31.3 Å². The van der Waals surface area contributed by atoms with Gasteiger partial charge in [-0.2, -0.15) is 0 Å². The summed E-state index contributed by atoms with van der Waals surface area (Å²) in [5, 5.41) is 1.04. The predicted octanol–water partition coefficient (Wildman–Crippen LogP) is 3.79. The van der Waals surface area contributed by atoms with Crippen LogP contribution < -0.4 is 0 Å². The fourth-order valence-corrected chi connectivity index (χ4v) is 3.78. The first-order valence-corrected chi connectivity index (χ1v) is 7.77. The number of rotatable bonds is 2. The smallest absolute Gasteiger partial charge is 0.335 e. The normalized spacial score (nSPS) is 25.3. The Hall–Kier alpha value is -1.03. The second-order valence-corrected chi connectivity index (χ2v) is 6.44. The quantitative estimate of drug-likeness (QED) is 0.775. The molecule has 1 saturated heterocycles. The maximum absolute atomic E-state index is 12.3. The van der Waals surface area contributed by atoms with E-state index in [-0.39, 0.29) is 12.0 Å². The van der Waals surface area contributed by atoms with Crippen LogP contribution in [0.4, 0.5) is 0 Å². The zero-order valence-electron chi connectivity index (χ0n) is 12.0. The Labute approximate surface area is 134 Å². The number of carbonyl (C=O) groups excluding carboxylic acids is 1. The topological polar surface area (TPSA) is 29.5 Å². The van der Waals surface area contributed by atoms with Crippen molar-refractivity contribution in [1.29, 1.82) is 0 Å². The zero-order valence-corrected chi connectivity index (χ0v) is 13.5. The minimum Gasteiger partial charge on any atom is -0.466 e. The summed E-state index contributed by atoms with van der Waals surface area (Å²) in [7, 11) is 3.51. The number of carbonyl (C=O) groups is 1. The molecule has 21 heavy (non-hydrogen) atoms. The number of esters is 1. The van der Waals surface area contributed by atoms with E-state index in [1.165, 1.54) is 7.11 Å². The highest BCUT2D eigenvalue weighted by Gasteiger charge is 2.42. The van der Waals surface area contributed by atoms with Gasteiger partial charge in [0.25, 0.3) is 0 Å². The van der Waals surface area contributed by atoms with Gasteiger partial charge in [-0.15, -0.1) is 0 Å². The van der Waals surface area contributed by atoms with Crippen molar-refractivity contribution in [3.8, 4) is 0 Å². The first-order chi connectivity index (χ1) is 10.0. The summed E-state index contributed by atoms with van der Waals surface area (Å²) in [6.07, 6.45) is 2.94. The van der Waals surface area contributed by atoms with Gasteiger partial charge in [0.2, 0.25) is 0 Å². The molecule has 5 heteroatoms. The summed E-state index contributed by atoms with van der Waals surface area (Å²) >= 11 is 12.1. The first-order valence-electron chi connectivity index (χ1n) is 7.01. The van der Waals surface area contributed by atoms with Crippen LogP contribution >= 0.6 is 23.2 Å². The number of hydrogen-bond acceptors (Lipinski definition) is 3. The maximum Gasteiger partial charge on any atom is 0.335 e. The highest BCUT2D eigenvalue weighted by atomic mass is 35.5. The Kier molecular flexibility index (Phi) is 4.00. The van der Waals surface area contributed by atoms with Crippen molar-refractivity contribution in [3.63, 3.8) is 0 Å². The lowest BCUT2D eigenvalue weighted by Gasteiger charge is -2.34. The van der Waals surface area contributed by atoms with E-state index in [0.29, 0.717) is 16.1 Å². The van der Waals surface area contributed by atoms with Gasteiger partial charge in [0.15, 0.2) is 0 Å². The minimum atomic E-state index is -0.242. The summed E-state index contributed by atoms with van der Waals surface area (Å²) in [6, 6.07) is 6.17. The first kappa shape index (κ1) is 14.9. The highest BCUT2D eigenvalue weighted by molar-refractivity contribution is 6.42.